The lowest BCUT2D eigenvalue weighted by molar-refractivity contribution is -0.385. The Bertz CT molecular complexity index is 1060. The number of nitrogens with zero attached hydrogens (tertiary/aromatic N) is 2. The van der Waals surface area contributed by atoms with E-state index in [9.17, 15) is 14.9 Å². The summed E-state index contributed by atoms with van der Waals surface area (Å²) in [6.07, 6.45) is 6.91. The molecule has 31 heavy (non-hydrogen) atoms. The van der Waals surface area contributed by atoms with Crippen molar-refractivity contribution in [2.24, 2.45) is 0 Å². The highest BCUT2D eigenvalue weighted by Crippen LogP contribution is 2.31. The van der Waals surface area contributed by atoms with E-state index >= 15 is 0 Å². The first-order valence-electron chi connectivity index (χ1n) is 9.94. The smallest absolute Gasteiger partial charge is 0.312 e. The first-order valence-corrected chi connectivity index (χ1v) is 10.7. The summed E-state index contributed by atoms with van der Waals surface area (Å²) >= 11 is 11.2. The van der Waals surface area contributed by atoms with E-state index in [1.807, 2.05) is 0 Å². The third-order valence-corrected chi connectivity index (χ3v) is 5.84. The predicted octanol–water partition coefficient (Wildman–Crippen LogP) is 4.81. The number of furan rings is 1. The van der Waals surface area contributed by atoms with Gasteiger partial charge in [-0.25, -0.2) is 0 Å². The molecule has 10 heteroatoms. The lowest BCUT2D eigenvalue weighted by Crippen LogP contribution is -2.41. The number of nitro groups is 1. The highest BCUT2D eigenvalue weighted by molar-refractivity contribution is 7.80. The van der Waals surface area contributed by atoms with Crippen molar-refractivity contribution in [1.29, 1.82) is 0 Å². The van der Waals surface area contributed by atoms with Gasteiger partial charge in [0.25, 0.3) is 5.91 Å². The maximum atomic E-state index is 12.8. The summed E-state index contributed by atoms with van der Waals surface area (Å²) in [4.78, 5) is 25.1. The van der Waals surface area contributed by atoms with Crippen molar-refractivity contribution in [2.45, 2.75) is 44.8 Å². The van der Waals surface area contributed by atoms with Crippen LogP contribution in [0.4, 0.5) is 5.69 Å². The predicted molar refractivity (Wildman–Crippen MR) is 119 cm³/mol. The molecule has 1 aliphatic carbocycles. The molecule has 1 saturated heterocycles. The van der Waals surface area contributed by atoms with E-state index in [0.29, 0.717) is 22.3 Å². The van der Waals surface area contributed by atoms with Crippen LogP contribution in [-0.2, 0) is 11.4 Å². The number of hydrogen-bond acceptors (Lipinski definition) is 6. The summed E-state index contributed by atoms with van der Waals surface area (Å²) < 4.78 is 11.2. The molecule has 2 aromatic rings. The lowest BCUT2D eigenvalue weighted by Gasteiger charge is -2.29. The van der Waals surface area contributed by atoms with E-state index in [2.05, 4.69) is 5.32 Å². The molecule has 1 aromatic carbocycles. The maximum Gasteiger partial charge on any atom is 0.312 e. The summed E-state index contributed by atoms with van der Waals surface area (Å²) in [6, 6.07) is 7.71. The van der Waals surface area contributed by atoms with Crippen molar-refractivity contribution in [3.8, 4) is 5.75 Å². The number of nitro benzene ring substituents is 1. The number of hydrogen-bond donors (Lipinski definition) is 1. The van der Waals surface area contributed by atoms with Crippen molar-refractivity contribution in [3.05, 3.63) is 62.7 Å². The van der Waals surface area contributed by atoms with E-state index in [-0.39, 0.29) is 35.0 Å². The molecule has 1 amide bonds. The Morgan fingerprint density at radius 2 is 2.06 bits per heavy atom. The number of benzene rings is 1. The molecule has 1 saturated carbocycles. The Kier molecular flexibility index (Phi) is 6.24. The molecule has 0 unspecified atom stereocenters. The number of carbonyl (C=O) groups excluding carboxylic acids is 1. The highest BCUT2D eigenvalue weighted by atomic mass is 35.5. The molecule has 1 aliphatic heterocycles. The lowest BCUT2D eigenvalue weighted by atomic mass is 9.94. The monoisotopic (exact) mass is 461 g/mol. The van der Waals surface area contributed by atoms with Crippen molar-refractivity contribution >= 4 is 46.6 Å². The maximum absolute atomic E-state index is 12.8. The van der Waals surface area contributed by atoms with Gasteiger partial charge < -0.3 is 14.5 Å². The minimum atomic E-state index is -0.558. The van der Waals surface area contributed by atoms with E-state index in [0.717, 1.165) is 25.7 Å². The SMILES string of the molecule is O=C1/C(=C\c2ccc(COc3ccc(Cl)cc3[N+](=O)[O-])o2)NC(=S)N1C1CCCCC1. The van der Waals surface area contributed by atoms with Gasteiger partial charge in [0.1, 0.15) is 23.8 Å². The Morgan fingerprint density at radius 1 is 1.29 bits per heavy atom. The molecule has 2 fully saturated rings. The third-order valence-electron chi connectivity index (χ3n) is 5.31. The van der Waals surface area contributed by atoms with Crippen LogP contribution in [0.25, 0.3) is 6.08 Å². The molecular formula is C21H20ClN3O5S. The van der Waals surface area contributed by atoms with Crippen LogP contribution in [0.1, 0.15) is 43.6 Å². The van der Waals surface area contributed by atoms with Gasteiger partial charge in [-0.1, -0.05) is 30.9 Å². The van der Waals surface area contributed by atoms with Gasteiger partial charge in [-0.2, -0.15) is 0 Å². The number of amides is 1. The quantitative estimate of drug-likeness (QED) is 0.285. The van der Waals surface area contributed by atoms with Crippen molar-refractivity contribution in [3.63, 3.8) is 0 Å². The number of rotatable bonds is 6. The van der Waals surface area contributed by atoms with Crippen molar-refractivity contribution in [1.82, 2.24) is 10.2 Å². The van der Waals surface area contributed by atoms with Gasteiger partial charge in [0, 0.05) is 23.2 Å². The zero-order chi connectivity index (χ0) is 22.0. The average Bonchev–Trinajstić information content (AvgIpc) is 3.31. The molecule has 0 atom stereocenters. The zero-order valence-corrected chi connectivity index (χ0v) is 18.1. The van der Waals surface area contributed by atoms with Crippen LogP contribution in [0, 0.1) is 10.1 Å². The van der Waals surface area contributed by atoms with Gasteiger partial charge >= 0.3 is 5.69 Å². The fourth-order valence-electron chi connectivity index (χ4n) is 3.82. The van der Waals surface area contributed by atoms with Gasteiger partial charge in [-0.15, -0.1) is 0 Å². The van der Waals surface area contributed by atoms with Gasteiger partial charge in [0.05, 0.1) is 4.92 Å². The molecule has 0 radical (unpaired) electrons. The Labute approximate surface area is 188 Å². The molecule has 1 N–H and O–H groups in total. The average molecular weight is 462 g/mol. The molecule has 0 bridgehead atoms. The van der Waals surface area contributed by atoms with Crippen LogP contribution in [0.5, 0.6) is 5.75 Å². The third kappa shape index (κ3) is 4.72. The topological polar surface area (TPSA) is 97.8 Å². The van der Waals surface area contributed by atoms with Crippen LogP contribution in [0.2, 0.25) is 5.02 Å². The number of ether oxygens (including phenoxy) is 1. The summed E-state index contributed by atoms with van der Waals surface area (Å²) in [5.41, 5.74) is 0.143. The summed E-state index contributed by atoms with van der Waals surface area (Å²) in [6.45, 7) is -0.0143. The second-order valence-corrected chi connectivity index (χ2v) is 8.24. The Morgan fingerprint density at radius 3 is 2.81 bits per heavy atom. The van der Waals surface area contributed by atoms with Crippen LogP contribution in [0.15, 0.2) is 40.4 Å². The number of nitrogens with one attached hydrogen (secondary N) is 1. The molecule has 4 rings (SSSR count). The van der Waals surface area contributed by atoms with Gasteiger partial charge in [0.2, 0.25) is 0 Å². The standard InChI is InChI=1S/C21H20ClN3O5S/c22-13-6-9-19(18(10-13)25(27)28)29-12-16-8-7-15(30-16)11-17-20(26)24(21(31)23-17)14-4-2-1-3-5-14/h6-11,14H,1-5,12H2,(H,23,31)/b17-11+. The van der Waals surface area contributed by atoms with E-state index < -0.39 is 4.92 Å². The molecule has 0 spiro atoms. The molecule has 8 nitrogen and oxygen atoms in total. The van der Waals surface area contributed by atoms with Crippen LogP contribution >= 0.6 is 23.8 Å². The molecule has 2 aliphatic rings. The first kappa shape index (κ1) is 21.3. The molecule has 162 valence electrons. The molecule has 2 heterocycles. The van der Waals surface area contributed by atoms with Gasteiger partial charge in [0.15, 0.2) is 10.9 Å². The normalized spacial score (nSPS) is 18.5. The molecule has 1 aromatic heterocycles. The summed E-state index contributed by atoms with van der Waals surface area (Å²) in [7, 11) is 0. The van der Waals surface area contributed by atoms with Crippen LogP contribution < -0.4 is 10.1 Å². The van der Waals surface area contributed by atoms with Gasteiger partial charge in [-0.05, 0) is 49.3 Å². The summed E-state index contributed by atoms with van der Waals surface area (Å²) in [5, 5.41) is 14.8. The fourth-order valence-corrected chi connectivity index (χ4v) is 4.32. The first-order chi connectivity index (χ1) is 14.9. The van der Waals surface area contributed by atoms with Crippen LogP contribution in [0.3, 0.4) is 0 Å². The second-order valence-electron chi connectivity index (χ2n) is 7.42. The largest absolute Gasteiger partial charge is 0.479 e. The Balaban J connectivity index is 1.43. The number of halogens is 1. The van der Waals surface area contributed by atoms with Crippen molar-refractivity contribution in [2.75, 3.05) is 0 Å². The highest BCUT2D eigenvalue weighted by Gasteiger charge is 2.36. The second kappa shape index (κ2) is 9.07. The minimum absolute atomic E-state index is 0.0143. The number of thiocarbonyl (C=S) groups is 1. The summed E-state index contributed by atoms with van der Waals surface area (Å²) in [5.74, 6) is 0.844. The van der Waals surface area contributed by atoms with E-state index in [1.165, 1.54) is 24.6 Å². The van der Waals surface area contributed by atoms with E-state index in [1.54, 1.807) is 23.1 Å². The molecular weight excluding hydrogens is 442 g/mol. The Hall–Kier alpha value is -2.91. The van der Waals surface area contributed by atoms with Gasteiger partial charge in [-0.3, -0.25) is 19.8 Å². The fraction of sp³-hybridized carbons (Fsp3) is 0.333. The number of carbonyl (C=O) groups is 1. The van der Waals surface area contributed by atoms with Crippen molar-refractivity contribution < 1.29 is 18.9 Å². The zero-order valence-electron chi connectivity index (χ0n) is 16.5. The van der Waals surface area contributed by atoms with Crippen LogP contribution in [-0.4, -0.2) is 26.9 Å². The minimum Gasteiger partial charge on any atom is -0.479 e. The van der Waals surface area contributed by atoms with E-state index in [4.69, 9.17) is 33.0 Å².